The lowest BCUT2D eigenvalue weighted by Crippen LogP contribution is -2.29. The van der Waals surface area contributed by atoms with Crippen LogP contribution in [0.4, 0.5) is 10.2 Å². The zero-order valence-electron chi connectivity index (χ0n) is 12.9. The topological polar surface area (TPSA) is 81.4 Å². The number of aryl methyl sites for hydroxylation is 1. The van der Waals surface area contributed by atoms with Crippen molar-refractivity contribution < 1.29 is 23.2 Å². The Labute approximate surface area is 145 Å². The first-order valence-corrected chi connectivity index (χ1v) is 7.72. The van der Waals surface area contributed by atoms with Crippen LogP contribution in [0.25, 0.3) is 6.08 Å². The van der Waals surface area contributed by atoms with Crippen LogP contribution >= 0.6 is 15.9 Å². The number of amides is 1. The van der Waals surface area contributed by atoms with Crippen LogP contribution in [0.5, 0.6) is 0 Å². The van der Waals surface area contributed by atoms with Gasteiger partial charge in [0.1, 0.15) is 11.6 Å². The lowest BCUT2D eigenvalue weighted by atomic mass is 10.2. The van der Waals surface area contributed by atoms with Gasteiger partial charge in [-0.05, 0) is 38.1 Å². The van der Waals surface area contributed by atoms with Crippen molar-refractivity contribution in [3.8, 4) is 0 Å². The van der Waals surface area contributed by atoms with Gasteiger partial charge in [0.15, 0.2) is 11.9 Å². The second-order valence-corrected chi connectivity index (χ2v) is 5.81. The quantitative estimate of drug-likeness (QED) is 0.617. The van der Waals surface area contributed by atoms with Gasteiger partial charge in [0.2, 0.25) is 0 Å². The Bertz CT molecular complexity index is 788. The van der Waals surface area contributed by atoms with E-state index in [1.807, 2.05) is 0 Å². The molecule has 0 bridgehead atoms. The molecule has 0 radical (unpaired) electrons. The van der Waals surface area contributed by atoms with Gasteiger partial charge in [0.25, 0.3) is 5.91 Å². The summed E-state index contributed by atoms with van der Waals surface area (Å²) in [5, 5.41) is 6.05. The standard InChI is InChI=1S/C16H14BrFN2O4/c1-9-7-14(20-24-9)19-16(22)10(2)23-15(21)6-3-11-8-12(17)4-5-13(11)18/h3-8,10H,1-2H3,(H,19,20,22)/b6-3+/t10-/m0/s1. The Morgan fingerprint density at radius 2 is 2.17 bits per heavy atom. The van der Waals surface area contributed by atoms with Gasteiger partial charge in [0, 0.05) is 22.2 Å². The highest BCUT2D eigenvalue weighted by atomic mass is 79.9. The Hall–Kier alpha value is -2.48. The average Bonchev–Trinajstić information content (AvgIpc) is 2.93. The van der Waals surface area contributed by atoms with Gasteiger partial charge < -0.3 is 14.6 Å². The predicted octanol–water partition coefficient (Wildman–Crippen LogP) is 3.47. The average molecular weight is 397 g/mol. The maximum atomic E-state index is 13.6. The second kappa shape index (κ2) is 7.87. The number of esters is 1. The number of ether oxygens (including phenoxy) is 1. The van der Waals surface area contributed by atoms with Crippen LogP contribution in [0.2, 0.25) is 0 Å². The Morgan fingerprint density at radius 3 is 2.83 bits per heavy atom. The van der Waals surface area contributed by atoms with E-state index in [0.717, 1.165) is 6.08 Å². The summed E-state index contributed by atoms with van der Waals surface area (Å²) < 4.78 is 24.0. The highest BCUT2D eigenvalue weighted by molar-refractivity contribution is 9.10. The van der Waals surface area contributed by atoms with Crippen molar-refractivity contribution in [1.82, 2.24) is 5.16 Å². The predicted molar refractivity (Wildman–Crippen MR) is 88.6 cm³/mol. The Kier molecular flexibility index (Phi) is 5.86. The van der Waals surface area contributed by atoms with Crippen molar-refractivity contribution in [2.45, 2.75) is 20.0 Å². The van der Waals surface area contributed by atoms with E-state index in [0.29, 0.717) is 10.2 Å². The van der Waals surface area contributed by atoms with E-state index in [9.17, 15) is 14.0 Å². The van der Waals surface area contributed by atoms with Gasteiger partial charge >= 0.3 is 5.97 Å². The molecule has 0 unspecified atom stereocenters. The molecule has 1 aromatic heterocycles. The molecule has 0 spiro atoms. The van der Waals surface area contributed by atoms with Crippen molar-refractivity contribution in [2.24, 2.45) is 0 Å². The second-order valence-electron chi connectivity index (χ2n) is 4.89. The summed E-state index contributed by atoms with van der Waals surface area (Å²) in [6.07, 6.45) is 1.27. The van der Waals surface area contributed by atoms with Crippen LogP contribution in [0.3, 0.4) is 0 Å². The van der Waals surface area contributed by atoms with Crippen LogP contribution < -0.4 is 5.32 Å². The highest BCUT2D eigenvalue weighted by Crippen LogP contribution is 2.17. The minimum Gasteiger partial charge on any atom is -0.449 e. The summed E-state index contributed by atoms with van der Waals surface area (Å²) in [6, 6.07) is 5.86. The van der Waals surface area contributed by atoms with Gasteiger partial charge in [-0.1, -0.05) is 21.1 Å². The maximum absolute atomic E-state index is 13.6. The number of nitrogens with zero attached hydrogens (tertiary/aromatic N) is 1. The van der Waals surface area contributed by atoms with Crippen LogP contribution in [0.1, 0.15) is 18.2 Å². The highest BCUT2D eigenvalue weighted by Gasteiger charge is 2.18. The Morgan fingerprint density at radius 1 is 1.42 bits per heavy atom. The zero-order chi connectivity index (χ0) is 17.7. The van der Waals surface area contributed by atoms with E-state index >= 15 is 0 Å². The molecule has 24 heavy (non-hydrogen) atoms. The van der Waals surface area contributed by atoms with Crippen LogP contribution in [-0.4, -0.2) is 23.1 Å². The zero-order valence-corrected chi connectivity index (χ0v) is 14.5. The molecule has 1 N–H and O–H groups in total. The molecule has 0 saturated carbocycles. The van der Waals surface area contributed by atoms with E-state index in [1.54, 1.807) is 13.0 Å². The van der Waals surface area contributed by atoms with E-state index in [1.165, 1.54) is 31.2 Å². The smallest absolute Gasteiger partial charge is 0.331 e. The summed E-state index contributed by atoms with van der Waals surface area (Å²) in [5.41, 5.74) is 0.219. The summed E-state index contributed by atoms with van der Waals surface area (Å²) >= 11 is 3.21. The van der Waals surface area contributed by atoms with Gasteiger partial charge in [-0.25, -0.2) is 9.18 Å². The third kappa shape index (κ3) is 5.02. The molecule has 2 aromatic rings. The molecule has 6 nitrogen and oxygen atoms in total. The fourth-order valence-corrected chi connectivity index (χ4v) is 2.10. The number of halogens is 2. The molecule has 0 fully saturated rings. The largest absolute Gasteiger partial charge is 0.449 e. The van der Waals surface area contributed by atoms with Crippen LogP contribution in [-0.2, 0) is 14.3 Å². The molecule has 1 atom stereocenters. The first-order chi connectivity index (χ1) is 11.3. The van der Waals surface area contributed by atoms with Gasteiger partial charge in [-0.15, -0.1) is 0 Å². The lowest BCUT2D eigenvalue weighted by molar-refractivity contribution is -0.148. The monoisotopic (exact) mass is 396 g/mol. The lowest BCUT2D eigenvalue weighted by Gasteiger charge is -2.10. The number of anilines is 1. The van der Waals surface area contributed by atoms with Crippen LogP contribution in [0.15, 0.2) is 39.3 Å². The molecule has 0 aliphatic rings. The van der Waals surface area contributed by atoms with Crippen molar-refractivity contribution in [3.05, 3.63) is 52.0 Å². The SMILES string of the molecule is Cc1cc(NC(=O)[C@H](C)OC(=O)/C=C/c2cc(Br)ccc2F)no1. The summed E-state index contributed by atoms with van der Waals surface area (Å²) in [5.74, 6) is -1.04. The van der Waals surface area contributed by atoms with Gasteiger partial charge in [-0.3, -0.25) is 4.79 Å². The van der Waals surface area contributed by atoms with E-state index in [2.05, 4.69) is 26.4 Å². The molecule has 0 saturated heterocycles. The molecule has 0 aliphatic carbocycles. The summed E-state index contributed by atoms with van der Waals surface area (Å²) in [7, 11) is 0. The number of hydrogen-bond donors (Lipinski definition) is 1. The molecule has 8 heteroatoms. The fraction of sp³-hybridized carbons (Fsp3) is 0.188. The minimum atomic E-state index is -1.05. The number of rotatable bonds is 5. The minimum absolute atomic E-state index is 0.219. The van der Waals surface area contributed by atoms with E-state index in [4.69, 9.17) is 9.26 Å². The molecular formula is C16H14BrFN2O4. The van der Waals surface area contributed by atoms with Crippen molar-refractivity contribution in [2.75, 3.05) is 5.32 Å². The summed E-state index contributed by atoms with van der Waals surface area (Å²) in [6.45, 7) is 3.09. The molecule has 2 rings (SSSR count). The molecule has 1 heterocycles. The normalized spacial score (nSPS) is 12.2. The Balaban J connectivity index is 1.92. The molecule has 1 aromatic carbocycles. The van der Waals surface area contributed by atoms with E-state index < -0.39 is 23.8 Å². The first kappa shape index (κ1) is 17.9. The number of hydrogen-bond acceptors (Lipinski definition) is 5. The number of aromatic nitrogens is 1. The summed E-state index contributed by atoms with van der Waals surface area (Å²) in [4.78, 5) is 23.6. The fourth-order valence-electron chi connectivity index (χ4n) is 1.72. The van der Waals surface area contributed by atoms with Gasteiger partial charge in [-0.2, -0.15) is 0 Å². The molecule has 126 valence electrons. The third-order valence-corrected chi connectivity index (χ3v) is 3.39. The number of benzene rings is 1. The van der Waals surface area contributed by atoms with Gasteiger partial charge in [0.05, 0.1) is 0 Å². The third-order valence-electron chi connectivity index (χ3n) is 2.90. The van der Waals surface area contributed by atoms with Crippen molar-refractivity contribution in [1.29, 1.82) is 0 Å². The van der Waals surface area contributed by atoms with Crippen molar-refractivity contribution in [3.63, 3.8) is 0 Å². The molecule has 1 amide bonds. The van der Waals surface area contributed by atoms with Crippen molar-refractivity contribution >= 4 is 39.7 Å². The number of carbonyl (C=O) groups is 2. The first-order valence-electron chi connectivity index (χ1n) is 6.93. The number of nitrogens with one attached hydrogen (secondary N) is 1. The van der Waals surface area contributed by atoms with E-state index in [-0.39, 0.29) is 11.4 Å². The van der Waals surface area contributed by atoms with Crippen LogP contribution in [0, 0.1) is 12.7 Å². The molecule has 0 aliphatic heterocycles. The molecular weight excluding hydrogens is 383 g/mol. The number of carbonyl (C=O) groups excluding carboxylic acids is 2. The maximum Gasteiger partial charge on any atom is 0.331 e.